The zero-order valence-corrected chi connectivity index (χ0v) is 13.7. The molecule has 120 valence electrons. The second kappa shape index (κ2) is 7.66. The van der Waals surface area contributed by atoms with Gasteiger partial charge in [-0.05, 0) is 24.3 Å². The summed E-state index contributed by atoms with van der Waals surface area (Å²) in [6.07, 6.45) is 0.286. The van der Waals surface area contributed by atoms with Crippen molar-refractivity contribution in [1.82, 2.24) is 4.98 Å². The summed E-state index contributed by atoms with van der Waals surface area (Å²) >= 11 is 1.26. The predicted molar refractivity (Wildman–Crippen MR) is 93.8 cm³/mol. The SMILES string of the molecule is N#CCCN(C(=O)CSc1nc2ccccc2o1)c1ccccc1. The lowest BCUT2D eigenvalue weighted by molar-refractivity contribution is -0.116. The van der Waals surface area contributed by atoms with Gasteiger partial charge in [0, 0.05) is 12.2 Å². The normalized spacial score (nSPS) is 10.5. The lowest BCUT2D eigenvalue weighted by Crippen LogP contribution is -2.33. The van der Waals surface area contributed by atoms with Crippen LogP contribution in [-0.2, 0) is 4.79 Å². The summed E-state index contributed by atoms with van der Waals surface area (Å²) in [6.45, 7) is 0.369. The quantitative estimate of drug-likeness (QED) is 0.639. The summed E-state index contributed by atoms with van der Waals surface area (Å²) in [7, 11) is 0. The number of oxazole rings is 1. The number of nitrogens with zero attached hydrogens (tertiary/aromatic N) is 3. The van der Waals surface area contributed by atoms with E-state index in [1.165, 1.54) is 11.8 Å². The Morgan fingerprint density at radius 1 is 1.17 bits per heavy atom. The molecule has 24 heavy (non-hydrogen) atoms. The lowest BCUT2D eigenvalue weighted by atomic mass is 10.2. The second-order valence-electron chi connectivity index (χ2n) is 5.03. The van der Waals surface area contributed by atoms with Gasteiger partial charge in [0.2, 0.25) is 5.91 Å². The molecule has 5 nitrogen and oxygen atoms in total. The molecule has 1 aromatic heterocycles. The number of para-hydroxylation sites is 3. The summed E-state index contributed by atoms with van der Waals surface area (Å²) in [5.41, 5.74) is 2.27. The topological polar surface area (TPSA) is 70.1 Å². The van der Waals surface area contributed by atoms with E-state index in [1.54, 1.807) is 4.90 Å². The first-order valence-corrected chi connectivity index (χ1v) is 8.47. The van der Waals surface area contributed by atoms with E-state index >= 15 is 0 Å². The molecule has 0 aliphatic rings. The fourth-order valence-corrected chi connectivity index (χ4v) is 3.00. The van der Waals surface area contributed by atoms with E-state index in [4.69, 9.17) is 9.68 Å². The monoisotopic (exact) mass is 337 g/mol. The fourth-order valence-electron chi connectivity index (χ4n) is 2.28. The third-order valence-corrected chi connectivity index (χ3v) is 4.22. The van der Waals surface area contributed by atoms with Crippen LogP contribution in [0.4, 0.5) is 5.69 Å². The molecule has 0 saturated carbocycles. The summed E-state index contributed by atoms with van der Waals surface area (Å²) in [5.74, 6) is 0.122. The minimum atomic E-state index is -0.0799. The Hall–Kier alpha value is -2.78. The molecule has 0 radical (unpaired) electrons. The van der Waals surface area contributed by atoms with Crippen LogP contribution in [0.2, 0.25) is 0 Å². The van der Waals surface area contributed by atoms with Crippen molar-refractivity contribution in [2.45, 2.75) is 11.6 Å². The van der Waals surface area contributed by atoms with Crippen molar-refractivity contribution >= 4 is 34.5 Å². The van der Waals surface area contributed by atoms with E-state index in [0.29, 0.717) is 17.4 Å². The Morgan fingerprint density at radius 2 is 1.92 bits per heavy atom. The molecule has 0 saturated heterocycles. The molecule has 1 amide bonds. The van der Waals surface area contributed by atoms with Gasteiger partial charge in [0.1, 0.15) is 5.52 Å². The van der Waals surface area contributed by atoms with Crippen molar-refractivity contribution in [3.05, 3.63) is 54.6 Å². The maximum atomic E-state index is 12.6. The second-order valence-corrected chi connectivity index (χ2v) is 5.95. The molecule has 0 aliphatic carbocycles. The summed E-state index contributed by atoms with van der Waals surface area (Å²) in [5, 5.41) is 9.28. The number of hydrogen-bond donors (Lipinski definition) is 0. The fraction of sp³-hybridized carbons (Fsp3) is 0.167. The maximum Gasteiger partial charge on any atom is 0.257 e. The van der Waals surface area contributed by atoms with E-state index in [1.807, 2.05) is 54.6 Å². The number of rotatable bonds is 6. The van der Waals surface area contributed by atoms with E-state index in [9.17, 15) is 4.79 Å². The van der Waals surface area contributed by atoms with Crippen molar-refractivity contribution in [2.24, 2.45) is 0 Å². The van der Waals surface area contributed by atoms with Crippen LogP contribution < -0.4 is 4.90 Å². The number of nitriles is 1. The number of anilines is 1. The zero-order chi connectivity index (χ0) is 16.8. The highest BCUT2D eigenvalue weighted by Crippen LogP contribution is 2.24. The van der Waals surface area contributed by atoms with Gasteiger partial charge in [0.05, 0.1) is 18.2 Å². The molecule has 3 rings (SSSR count). The first kappa shape index (κ1) is 16.1. The highest BCUT2D eigenvalue weighted by molar-refractivity contribution is 7.99. The molecule has 0 spiro atoms. The Balaban J connectivity index is 1.70. The highest BCUT2D eigenvalue weighted by atomic mass is 32.2. The van der Waals surface area contributed by atoms with Gasteiger partial charge in [-0.25, -0.2) is 4.98 Å². The summed E-state index contributed by atoms with van der Waals surface area (Å²) in [6, 6.07) is 18.9. The Labute approximate surface area is 143 Å². The number of carbonyl (C=O) groups is 1. The summed E-state index contributed by atoms with van der Waals surface area (Å²) < 4.78 is 5.61. The van der Waals surface area contributed by atoms with Gasteiger partial charge in [-0.1, -0.05) is 42.1 Å². The number of aromatic nitrogens is 1. The van der Waals surface area contributed by atoms with Crippen LogP contribution in [0, 0.1) is 11.3 Å². The van der Waals surface area contributed by atoms with Gasteiger partial charge < -0.3 is 9.32 Å². The minimum Gasteiger partial charge on any atom is -0.431 e. The summed E-state index contributed by atoms with van der Waals surface area (Å²) in [4.78, 5) is 18.5. The van der Waals surface area contributed by atoms with Crippen LogP contribution >= 0.6 is 11.8 Å². The average molecular weight is 337 g/mol. The van der Waals surface area contributed by atoms with Crippen molar-refractivity contribution in [1.29, 1.82) is 5.26 Å². The lowest BCUT2D eigenvalue weighted by Gasteiger charge is -2.21. The highest BCUT2D eigenvalue weighted by Gasteiger charge is 2.17. The molecule has 0 unspecified atom stereocenters. The van der Waals surface area contributed by atoms with Gasteiger partial charge in [-0.2, -0.15) is 5.26 Å². The molecular formula is C18H15N3O2S. The molecule has 6 heteroatoms. The molecule has 0 fully saturated rings. The number of carbonyl (C=O) groups excluding carboxylic acids is 1. The first-order chi connectivity index (χ1) is 11.8. The number of hydrogen-bond acceptors (Lipinski definition) is 5. The van der Waals surface area contributed by atoms with Crippen LogP contribution in [0.15, 0.2) is 64.2 Å². The zero-order valence-electron chi connectivity index (χ0n) is 12.9. The van der Waals surface area contributed by atoms with E-state index in [0.717, 1.165) is 11.2 Å². The molecule has 0 bridgehead atoms. The van der Waals surface area contributed by atoms with E-state index < -0.39 is 0 Å². The standard InChI is InChI=1S/C18H15N3O2S/c19-11-6-12-21(14-7-2-1-3-8-14)17(22)13-24-18-20-15-9-4-5-10-16(15)23-18/h1-5,7-10H,6,12-13H2. The molecule has 1 heterocycles. The Kier molecular flexibility index (Phi) is 5.14. The van der Waals surface area contributed by atoms with E-state index in [-0.39, 0.29) is 18.1 Å². The molecular weight excluding hydrogens is 322 g/mol. The number of thioether (sulfide) groups is 1. The van der Waals surface area contributed by atoms with Gasteiger partial charge in [-0.3, -0.25) is 4.79 Å². The van der Waals surface area contributed by atoms with Gasteiger partial charge in [0.25, 0.3) is 5.22 Å². The van der Waals surface area contributed by atoms with Crippen LogP contribution in [0.3, 0.4) is 0 Å². The first-order valence-electron chi connectivity index (χ1n) is 7.48. The third-order valence-electron chi connectivity index (χ3n) is 3.41. The van der Waals surface area contributed by atoms with Crippen molar-refractivity contribution < 1.29 is 9.21 Å². The maximum absolute atomic E-state index is 12.6. The Morgan fingerprint density at radius 3 is 2.67 bits per heavy atom. The smallest absolute Gasteiger partial charge is 0.257 e. The number of benzene rings is 2. The van der Waals surface area contributed by atoms with Crippen molar-refractivity contribution in [2.75, 3.05) is 17.2 Å². The minimum absolute atomic E-state index is 0.0799. The van der Waals surface area contributed by atoms with E-state index in [2.05, 4.69) is 11.1 Å². The van der Waals surface area contributed by atoms with Crippen LogP contribution in [0.25, 0.3) is 11.1 Å². The number of amides is 1. The average Bonchev–Trinajstić information content (AvgIpc) is 3.04. The van der Waals surface area contributed by atoms with Crippen molar-refractivity contribution in [3.63, 3.8) is 0 Å². The van der Waals surface area contributed by atoms with Gasteiger partial charge >= 0.3 is 0 Å². The molecule has 0 N–H and O–H groups in total. The van der Waals surface area contributed by atoms with Gasteiger partial charge in [0.15, 0.2) is 5.58 Å². The molecule has 0 aliphatic heterocycles. The molecule has 0 atom stereocenters. The molecule has 2 aromatic carbocycles. The number of fused-ring (bicyclic) bond motifs is 1. The largest absolute Gasteiger partial charge is 0.431 e. The van der Waals surface area contributed by atoms with Crippen LogP contribution in [0.1, 0.15) is 6.42 Å². The van der Waals surface area contributed by atoms with Crippen LogP contribution in [-0.4, -0.2) is 23.2 Å². The van der Waals surface area contributed by atoms with Gasteiger partial charge in [-0.15, -0.1) is 0 Å². The van der Waals surface area contributed by atoms with Crippen LogP contribution in [0.5, 0.6) is 0 Å². The third kappa shape index (κ3) is 3.76. The predicted octanol–water partition coefficient (Wildman–Crippen LogP) is 3.87. The Bertz CT molecular complexity index is 838. The molecule has 3 aromatic rings. The van der Waals surface area contributed by atoms with Crippen molar-refractivity contribution in [3.8, 4) is 6.07 Å².